The van der Waals surface area contributed by atoms with Crippen molar-refractivity contribution in [3.8, 4) is 0 Å². The maximum atomic E-state index is 11.3. The third-order valence-electron chi connectivity index (χ3n) is 1.78. The highest BCUT2D eigenvalue weighted by Gasteiger charge is 2.20. The molecule has 0 spiro atoms. The van der Waals surface area contributed by atoms with Gasteiger partial charge in [-0.3, -0.25) is 9.59 Å². The number of carbonyl (C=O) groups excluding carboxylic acids is 3. The fourth-order valence-corrected chi connectivity index (χ4v) is 1.09. The van der Waals surface area contributed by atoms with E-state index < -0.39 is 18.0 Å². The molecule has 0 saturated heterocycles. The summed E-state index contributed by atoms with van der Waals surface area (Å²) in [5, 5.41) is 2.30. The Morgan fingerprint density at radius 3 is 2.38 bits per heavy atom. The van der Waals surface area contributed by atoms with Gasteiger partial charge in [-0.1, -0.05) is 0 Å². The number of esters is 2. The van der Waals surface area contributed by atoms with Gasteiger partial charge in [0.25, 0.3) is 0 Å². The van der Waals surface area contributed by atoms with E-state index in [1.54, 1.807) is 13.8 Å². The van der Waals surface area contributed by atoms with E-state index in [1.165, 1.54) is 0 Å². The van der Waals surface area contributed by atoms with Crippen molar-refractivity contribution in [2.75, 3.05) is 13.2 Å². The van der Waals surface area contributed by atoms with E-state index in [1.807, 2.05) is 0 Å². The molecule has 0 aliphatic carbocycles. The van der Waals surface area contributed by atoms with Gasteiger partial charge in [-0.15, -0.1) is 0 Å². The SMILES string of the molecule is CCOC(=O)CC[C@H](NC=O)C(=O)OCC. The van der Waals surface area contributed by atoms with Crippen LogP contribution in [0.25, 0.3) is 0 Å². The first-order valence-electron chi connectivity index (χ1n) is 5.17. The molecule has 0 aromatic carbocycles. The molecule has 0 aliphatic heterocycles. The van der Waals surface area contributed by atoms with Gasteiger partial charge in [-0.05, 0) is 20.3 Å². The first-order chi connectivity index (χ1) is 7.65. The highest BCUT2D eigenvalue weighted by atomic mass is 16.5. The molecule has 0 aliphatic rings. The number of hydrogen-bond donors (Lipinski definition) is 1. The summed E-state index contributed by atoms with van der Waals surface area (Å²) in [6.45, 7) is 3.89. The van der Waals surface area contributed by atoms with Crippen molar-refractivity contribution in [1.82, 2.24) is 5.32 Å². The molecular formula is C10H17NO5. The third kappa shape index (κ3) is 6.00. The van der Waals surface area contributed by atoms with Crippen LogP contribution in [0, 0.1) is 0 Å². The summed E-state index contributed by atoms with van der Waals surface area (Å²) in [6, 6.07) is -0.790. The van der Waals surface area contributed by atoms with Crippen LogP contribution in [0.15, 0.2) is 0 Å². The fourth-order valence-electron chi connectivity index (χ4n) is 1.09. The summed E-state index contributed by atoms with van der Waals surface area (Å²) >= 11 is 0. The van der Waals surface area contributed by atoms with Crippen molar-refractivity contribution in [1.29, 1.82) is 0 Å². The molecular weight excluding hydrogens is 214 g/mol. The lowest BCUT2D eigenvalue weighted by atomic mass is 10.1. The second-order valence-corrected chi connectivity index (χ2v) is 2.93. The maximum absolute atomic E-state index is 11.3. The molecule has 1 atom stereocenters. The molecule has 1 amide bonds. The van der Waals surface area contributed by atoms with E-state index in [0.717, 1.165) is 0 Å². The van der Waals surface area contributed by atoms with Gasteiger partial charge in [-0.2, -0.15) is 0 Å². The van der Waals surface area contributed by atoms with Crippen LogP contribution in [0.5, 0.6) is 0 Å². The lowest BCUT2D eigenvalue weighted by Crippen LogP contribution is -2.37. The minimum Gasteiger partial charge on any atom is -0.466 e. The summed E-state index contributed by atoms with van der Waals surface area (Å²) in [6.07, 6.45) is 0.654. The number of carbonyl (C=O) groups is 3. The minimum atomic E-state index is -0.790. The Balaban J connectivity index is 4.07. The van der Waals surface area contributed by atoms with Crippen LogP contribution in [0.1, 0.15) is 26.7 Å². The average molecular weight is 231 g/mol. The molecule has 6 nitrogen and oxygen atoms in total. The van der Waals surface area contributed by atoms with Gasteiger partial charge < -0.3 is 14.8 Å². The summed E-state index contributed by atoms with van der Waals surface area (Å²) in [5.41, 5.74) is 0. The van der Waals surface area contributed by atoms with Crippen LogP contribution in [0.2, 0.25) is 0 Å². The summed E-state index contributed by atoms with van der Waals surface area (Å²) < 4.78 is 9.44. The molecule has 0 radical (unpaired) electrons. The van der Waals surface area contributed by atoms with Gasteiger partial charge in [0.05, 0.1) is 13.2 Å². The quantitative estimate of drug-likeness (QED) is 0.470. The lowest BCUT2D eigenvalue weighted by Gasteiger charge is -2.13. The highest BCUT2D eigenvalue weighted by molar-refractivity contribution is 5.79. The maximum Gasteiger partial charge on any atom is 0.328 e. The zero-order valence-corrected chi connectivity index (χ0v) is 9.52. The van der Waals surface area contributed by atoms with Crippen LogP contribution in [-0.4, -0.2) is 37.6 Å². The van der Waals surface area contributed by atoms with E-state index in [-0.39, 0.29) is 19.4 Å². The number of amides is 1. The van der Waals surface area contributed by atoms with Crippen LogP contribution < -0.4 is 5.32 Å². The summed E-state index contributed by atoms with van der Waals surface area (Å²) in [4.78, 5) is 32.6. The van der Waals surface area contributed by atoms with Gasteiger partial charge in [0, 0.05) is 6.42 Å². The topological polar surface area (TPSA) is 81.7 Å². The van der Waals surface area contributed by atoms with Gasteiger partial charge in [0.2, 0.25) is 6.41 Å². The Hall–Kier alpha value is -1.59. The summed E-state index contributed by atoms with van der Waals surface area (Å²) in [5.74, 6) is -0.941. The molecule has 1 N–H and O–H groups in total. The second-order valence-electron chi connectivity index (χ2n) is 2.93. The minimum absolute atomic E-state index is 0.0676. The van der Waals surface area contributed by atoms with Crippen LogP contribution >= 0.6 is 0 Å². The number of hydrogen-bond acceptors (Lipinski definition) is 5. The molecule has 0 fully saturated rings. The van der Waals surface area contributed by atoms with Crippen LogP contribution in [0.3, 0.4) is 0 Å². The molecule has 0 saturated carbocycles. The molecule has 0 rings (SSSR count). The van der Waals surface area contributed by atoms with Crippen molar-refractivity contribution < 1.29 is 23.9 Å². The Morgan fingerprint density at radius 2 is 1.88 bits per heavy atom. The summed E-state index contributed by atoms with van der Waals surface area (Å²) in [7, 11) is 0. The monoisotopic (exact) mass is 231 g/mol. The Morgan fingerprint density at radius 1 is 1.25 bits per heavy atom. The highest BCUT2D eigenvalue weighted by Crippen LogP contribution is 2.01. The number of ether oxygens (including phenoxy) is 2. The Labute approximate surface area is 94.3 Å². The molecule has 0 aromatic heterocycles. The van der Waals surface area contributed by atoms with Gasteiger partial charge >= 0.3 is 11.9 Å². The standard InChI is InChI=1S/C10H17NO5/c1-3-15-9(13)6-5-8(11-7-12)10(14)16-4-2/h7-8H,3-6H2,1-2H3,(H,11,12)/t8-/m0/s1. The van der Waals surface area contributed by atoms with E-state index in [2.05, 4.69) is 5.32 Å². The Bertz CT molecular complexity index is 241. The molecule has 0 unspecified atom stereocenters. The van der Waals surface area contributed by atoms with E-state index in [9.17, 15) is 14.4 Å². The van der Waals surface area contributed by atoms with E-state index >= 15 is 0 Å². The average Bonchev–Trinajstić information content (AvgIpc) is 2.24. The fraction of sp³-hybridized carbons (Fsp3) is 0.700. The second kappa shape index (κ2) is 8.70. The third-order valence-corrected chi connectivity index (χ3v) is 1.78. The van der Waals surface area contributed by atoms with Crippen LogP contribution in [0.4, 0.5) is 0 Å². The van der Waals surface area contributed by atoms with Crippen molar-refractivity contribution in [3.63, 3.8) is 0 Å². The Kier molecular flexibility index (Phi) is 7.83. The van der Waals surface area contributed by atoms with Gasteiger partial charge in [-0.25, -0.2) is 4.79 Å². The molecule has 0 aromatic rings. The van der Waals surface area contributed by atoms with Crippen LogP contribution in [-0.2, 0) is 23.9 Å². The molecule has 92 valence electrons. The zero-order valence-electron chi connectivity index (χ0n) is 9.52. The largest absolute Gasteiger partial charge is 0.466 e. The first-order valence-corrected chi connectivity index (χ1v) is 5.17. The van der Waals surface area contributed by atoms with Gasteiger partial charge in [0.1, 0.15) is 6.04 Å². The van der Waals surface area contributed by atoms with Crippen molar-refractivity contribution in [2.24, 2.45) is 0 Å². The number of rotatable bonds is 8. The lowest BCUT2D eigenvalue weighted by molar-refractivity contribution is -0.147. The van der Waals surface area contributed by atoms with E-state index in [0.29, 0.717) is 13.0 Å². The van der Waals surface area contributed by atoms with Crippen molar-refractivity contribution >= 4 is 18.3 Å². The van der Waals surface area contributed by atoms with E-state index in [4.69, 9.17) is 9.47 Å². The smallest absolute Gasteiger partial charge is 0.328 e. The molecule has 6 heteroatoms. The van der Waals surface area contributed by atoms with Crippen molar-refractivity contribution in [2.45, 2.75) is 32.7 Å². The predicted octanol–water partition coefficient (Wildman–Crippen LogP) is 0.00740. The molecule has 0 bridgehead atoms. The molecule has 16 heavy (non-hydrogen) atoms. The molecule has 0 heterocycles. The zero-order chi connectivity index (χ0) is 12.4. The van der Waals surface area contributed by atoms with Gasteiger partial charge in [0.15, 0.2) is 0 Å². The van der Waals surface area contributed by atoms with Crippen molar-refractivity contribution in [3.05, 3.63) is 0 Å². The first kappa shape index (κ1) is 14.4. The normalized spacial score (nSPS) is 11.4. The number of nitrogens with one attached hydrogen (secondary N) is 1. The predicted molar refractivity (Wildman–Crippen MR) is 55.5 cm³/mol.